The third-order valence-corrected chi connectivity index (χ3v) is 2.91. The average Bonchev–Trinajstić information content (AvgIpc) is 2.46. The van der Waals surface area contributed by atoms with Gasteiger partial charge in [-0.05, 0) is 32.3 Å². The zero-order chi connectivity index (χ0) is 14.4. The molecular weight excluding hydrogens is 250 g/mol. The molecule has 0 bridgehead atoms. The molecule has 3 nitrogen and oxygen atoms in total. The second-order valence-corrected chi connectivity index (χ2v) is 4.91. The van der Waals surface area contributed by atoms with Crippen molar-refractivity contribution in [3.63, 3.8) is 0 Å². The minimum atomic E-state index is -0.301. The highest BCUT2D eigenvalue weighted by Gasteiger charge is 2.17. The first-order valence-corrected chi connectivity index (χ1v) is 6.80. The van der Waals surface area contributed by atoms with Gasteiger partial charge in [0.2, 0.25) is 0 Å². The Hall–Kier alpha value is -2.16. The summed E-state index contributed by atoms with van der Waals surface area (Å²) in [6.07, 6.45) is 5.68. The molecule has 0 unspecified atom stereocenters. The van der Waals surface area contributed by atoms with Gasteiger partial charge in [-0.3, -0.25) is 4.99 Å². The highest BCUT2D eigenvalue weighted by molar-refractivity contribution is 5.95. The Labute approximate surface area is 119 Å². The molecule has 0 saturated heterocycles. The Bertz CT molecular complexity index is 564. The van der Waals surface area contributed by atoms with Gasteiger partial charge >= 0.3 is 5.97 Å². The largest absolute Gasteiger partial charge is 0.457 e. The smallest absolute Gasteiger partial charge is 0.340 e. The summed E-state index contributed by atoms with van der Waals surface area (Å²) >= 11 is 0. The molecule has 104 valence electrons. The summed E-state index contributed by atoms with van der Waals surface area (Å²) in [7, 11) is 0. The third kappa shape index (κ3) is 3.92. The number of aliphatic imine (C=N–C) groups is 1. The number of allylic oxidation sites excluding steroid dienone is 2. The van der Waals surface area contributed by atoms with Gasteiger partial charge in [-0.1, -0.05) is 42.5 Å². The molecule has 0 aromatic heterocycles. The standard InChI is InChI=1S/C17H19NO2/c1-13(2)18-16-11-7-6-10-15(16)17(19)20-12-14-8-4-3-5-9-14/h3-5,8-11H,6-7,12H2,1-2H3. The quantitative estimate of drug-likeness (QED) is 0.615. The maximum atomic E-state index is 12.2. The van der Waals surface area contributed by atoms with Crippen molar-refractivity contribution in [3.05, 3.63) is 59.3 Å². The summed E-state index contributed by atoms with van der Waals surface area (Å²) in [5.41, 5.74) is 3.22. The number of hydrogen-bond acceptors (Lipinski definition) is 3. The van der Waals surface area contributed by atoms with E-state index in [4.69, 9.17) is 4.74 Å². The van der Waals surface area contributed by atoms with Crippen molar-refractivity contribution in [2.45, 2.75) is 33.3 Å². The van der Waals surface area contributed by atoms with Crippen molar-refractivity contribution in [1.29, 1.82) is 0 Å². The summed E-state index contributed by atoms with van der Waals surface area (Å²) in [4.78, 5) is 16.6. The lowest BCUT2D eigenvalue weighted by atomic mass is 10.0. The zero-order valence-electron chi connectivity index (χ0n) is 11.9. The highest BCUT2D eigenvalue weighted by atomic mass is 16.5. The van der Waals surface area contributed by atoms with E-state index in [1.807, 2.05) is 56.3 Å². The molecule has 1 aromatic carbocycles. The zero-order valence-corrected chi connectivity index (χ0v) is 11.9. The van der Waals surface area contributed by atoms with Crippen LogP contribution >= 0.6 is 0 Å². The summed E-state index contributed by atoms with van der Waals surface area (Å²) in [6, 6.07) is 9.67. The van der Waals surface area contributed by atoms with E-state index in [-0.39, 0.29) is 5.97 Å². The van der Waals surface area contributed by atoms with E-state index in [1.54, 1.807) is 0 Å². The topological polar surface area (TPSA) is 38.7 Å². The summed E-state index contributed by atoms with van der Waals surface area (Å²) in [6.45, 7) is 4.13. The molecule has 20 heavy (non-hydrogen) atoms. The Morgan fingerprint density at radius 2 is 1.85 bits per heavy atom. The van der Waals surface area contributed by atoms with E-state index >= 15 is 0 Å². The van der Waals surface area contributed by atoms with E-state index in [2.05, 4.69) is 4.99 Å². The van der Waals surface area contributed by atoms with E-state index in [0.29, 0.717) is 12.2 Å². The van der Waals surface area contributed by atoms with Crippen molar-refractivity contribution >= 4 is 11.7 Å². The van der Waals surface area contributed by atoms with Gasteiger partial charge in [0.05, 0.1) is 11.3 Å². The predicted molar refractivity (Wildman–Crippen MR) is 80.4 cm³/mol. The maximum Gasteiger partial charge on any atom is 0.340 e. The van der Waals surface area contributed by atoms with Crippen LogP contribution in [0.1, 0.15) is 32.3 Å². The number of carbonyl (C=O) groups excluding carboxylic acids is 1. The number of benzene rings is 1. The molecule has 0 atom stereocenters. The molecule has 0 N–H and O–H groups in total. The SMILES string of the molecule is CC(C)=NC1=CCCC=C1C(=O)OCc1ccccc1. The summed E-state index contributed by atoms with van der Waals surface area (Å²) in [5.74, 6) is -0.301. The molecule has 0 amide bonds. The first kappa shape index (κ1) is 14.3. The van der Waals surface area contributed by atoms with Gasteiger partial charge in [0.1, 0.15) is 6.61 Å². The summed E-state index contributed by atoms with van der Waals surface area (Å²) < 4.78 is 5.36. The van der Waals surface area contributed by atoms with E-state index in [9.17, 15) is 4.79 Å². The van der Waals surface area contributed by atoms with Gasteiger partial charge < -0.3 is 4.74 Å². The fourth-order valence-electron chi connectivity index (χ4n) is 2.00. The number of hydrogen-bond donors (Lipinski definition) is 0. The second-order valence-electron chi connectivity index (χ2n) is 4.91. The molecule has 0 radical (unpaired) electrons. The molecule has 3 heteroatoms. The third-order valence-electron chi connectivity index (χ3n) is 2.91. The van der Waals surface area contributed by atoms with Gasteiger partial charge in [-0.15, -0.1) is 0 Å². The molecule has 0 saturated carbocycles. The van der Waals surface area contributed by atoms with Crippen LogP contribution in [0.3, 0.4) is 0 Å². The van der Waals surface area contributed by atoms with Gasteiger partial charge in [0.15, 0.2) is 0 Å². The van der Waals surface area contributed by atoms with Crippen molar-refractivity contribution in [3.8, 4) is 0 Å². The minimum absolute atomic E-state index is 0.291. The first-order valence-electron chi connectivity index (χ1n) is 6.80. The fraction of sp³-hybridized carbons (Fsp3) is 0.294. The minimum Gasteiger partial charge on any atom is -0.457 e. The molecule has 1 aromatic rings. The Kier molecular flexibility index (Phi) is 4.88. The van der Waals surface area contributed by atoms with Crippen molar-refractivity contribution in [2.75, 3.05) is 0 Å². The molecular formula is C17H19NO2. The van der Waals surface area contributed by atoms with Crippen LogP contribution in [0.4, 0.5) is 0 Å². The number of esters is 1. The molecule has 2 rings (SSSR count). The van der Waals surface area contributed by atoms with Crippen molar-refractivity contribution < 1.29 is 9.53 Å². The summed E-state index contributed by atoms with van der Waals surface area (Å²) in [5, 5.41) is 0. The van der Waals surface area contributed by atoms with Gasteiger partial charge in [0.25, 0.3) is 0 Å². The number of rotatable bonds is 4. The van der Waals surface area contributed by atoms with Gasteiger partial charge in [0, 0.05) is 5.71 Å². The Balaban J connectivity index is 2.03. The molecule has 1 aliphatic rings. The van der Waals surface area contributed by atoms with E-state index in [0.717, 1.165) is 29.8 Å². The van der Waals surface area contributed by atoms with Crippen LogP contribution in [0.2, 0.25) is 0 Å². The van der Waals surface area contributed by atoms with Crippen LogP contribution in [0.15, 0.2) is 58.7 Å². The second kappa shape index (κ2) is 6.85. The van der Waals surface area contributed by atoms with Crippen LogP contribution < -0.4 is 0 Å². The maximum absolute atomic E-state index is 12.2. The molecule has 0 fully saturated rings. The molecule has 0 spiro atoms. The van der Waals surface area contributed by atoms with E-state index in [1.165, 1.54) is 0 Å². The number of ether oxygens (including phenoxy) is 1. The number of carbonyl (C=O) groups is 1. The number of nitrogens with zero attached hydrogens (tertiary/aromatic N) is 1. The highest BCUT2D eigenvalue weighted by Crippen LogP contribution is 2.22. The Morgan fingerprint density at radius 3 is 2.55 bits per heavy atom. The fourth-order valence-corrected chi connectivity index (χ4v) is 2.00. The van der Waals surface area contributed by atoms with Crippen LogP contribution in [0.25, 0.3) is 0 Å². The molecule has 0 heterocycles. The van der Waals surface area contributed by atoms with Crippen molar-refractivity contribution in [2.24, 2.45) is 4.99 Å². The Morgan fingerprint density at radius 1 is 1.15 bits per heavy atom. The molecule has 0 aliphatic heterocycles. The normalized spacial score (nSPS) is 14.1. The van der Waals surface area contributed by atoms with Crippen LogP contribution in [-0.2, 0) is 16.1 Å². The van der Waals surface area contributed by atoms with Crippen LogP contribution in [0, 0.1) is 0 Å². The predicted octanol–water partition coefficient (Wildman–Crippen LogP) is 3.81. The first-order chi connectivity index (χ1) is 9.66. The van der Waals surface area contributed by atoms with E-state index < -0.39 is 0 Å². The van der Waals surface area contributed by atoms with Gasteiger partial charge in [-0.25, -0.2) is 4.79 Å². The van der Waals surface area contributed by atoms with Crippen LogP contribution in [-0.4, -0.2) is 11.7 Å². The van der Waals surface area contributed by atoms with Gasteiger partial charge in [-0.2, -0.15) is 0 Å². The monoisotopic (exact) mass is 269 g/mol. The van der Waals surface area contributed by atoms with Crippen LogP contribution in [0.5, 0.6) is 0 Å². The lowest BCUT2D eigenvalue weighted by Gasteiger charge is -2.13. The lowest BCUT2D eigenvalue weighted by Crippen LogP contribution is -2.11. The molecule has 1 aliphatic carbocycles. The van der Waals surface area contributed by atoms with Crippen molar-refractivity contribution in [1.82, 2.24) is 0 Å². The lowest BCUT2D eigenvalue weighted by molar-refractivity contribution is -0.140. The average molecular weight is 269 g/mol.